The van der Waals surface area contributed by atoms with Gasteiger partial charge in [0.25, 0.3) is 0 Å². The van der Waals surface area contributed by atoms with Gasteiger partial charge in [0.05, 0.1) is 0 Å². The van der Waals surface area contributed by atoms with E-state index in [2.05, 4.69) is 15.3 Å². The Morgan fingerprint density at radius 1 is 1.20 bits per heavy atom. The standard InChI is InChI=1S/C15H17N3O2/c1-20-11-14(19)16-8-7-12-9-17-15(18-10-12)13-5-3-2-4-6-13/h2-6,9-10H,7-8,11H2,1H3,(H,16,19). The molecule has 0 saturated carbocycles. The maximum Gasteiger partial charge on any atom is 0.245 e. The van der Waals surface area contributed by atoms with Crippen LogP contribution in [-0.4, -0.2) is 36.1 Å². The smallest absolute Gasteiger partial charge is 0.245 e. The van der Waals surface area contributed by atoms with Crippen molar-refractivity contribution in [1.82, 2.24) is 15.3 Å². The summed E-state index contributed by atoms with van der Waals surface area (Å²) in [7, 11) is 1.50. The van der Waals surface area contributed by atoms with Crippen molar-refractivity contribution < 1.29 is 9.53 Å². The van der Waals surface area contributed by atoms with Crippen molar-refractivity contribution in [3.8, 4) is 11.4 Å². The van der Waals surface area contributed by atoms with Gasteiger partial charge >= 0.3 is 0 Å². The maximum atomic E-state index is 11.2. The van der Waals surface area contributed by atoms with Crippen molar-refractivity contribution in [1.29, 1.82) is 0 Å². The molecule has 20 heavy (non-hydrogen) atoms. The van der Waals surface area contributed by atoms with Gasteiger partial charge in [0.15, 0.2) is 5.82 Å². The predicted octanol–water partition coefficient (Wildman–Crippen LogP) is 1.45. The lowest BCUT2D eigenvalue weighted by Crippen LogP contribution is -2.29. The molecule has 2 rings (SSSR count). The zero-order valence-corrected chi connectivity index (χ0v) is 11.4. The highest BCUT2D eigenvalue weighted by atomic mass is 16.5. The van der Waals surface area contributed by atoms with Crippen LogP contribution in [0.5, 0.6) is 0 Å². The number of ether oxygens (including phenoxy) is 1. The Morgan fingerprint density at radius 2 is 1.90 bits per heavy atom. The molecule has 5 nitrogen and oxygen atoms in total. The summed E-state index contributed by atoms with van der Waals surface area (Å²) in [5, 5.41) is 2.76. The first-order chi connectivity index (χ1) is 9.79. The van der Waals surface area contributed by atoms with E-state index in [-0.39, 0.29) is 12.5 Å². The van der Waals surface area contributed by atoms with Crippen LogP contribution in [0.3, 0.4) is 0 Å². The lowest BCUT2D eigenvalue weighted by molar-refractivity contribution is -0.124. The molecular formula is C15H17N3O2. The summed E-state index contributed by atoms with van der Waals surface area (Å²) in [5.74, 6) is 0.590. The molecule has 0 saturated heterocycles. The molecule has 0 aliphatic carbocycles. The summed E-state index contributed by atoms with van der Waals surface area (Å²) in [6, 6.07) is 9.82. The van der Waals surface area contributed by atoms with Gasteiger partial charge in [-0.05, 0) is 12.0 Å². The van der Waals surface area contributed by atoms with Crippen LogP contribution in [0, 0.1) is 0 Å². The molecule has 1 aromatic heterocycles. The number of nitrogens with one attached hydrogen (secondary N) is 1. The van der Waals surface area contributed by atoms with Gasteiger partial charge < -0.3 is 10.1 Å². The number of rotatable bonds is 6. The molecule has 1 aromatic carbocycles. The molecule has 1 N–H and O–H groups in total. The van der Waals surface area contributed by atoms with Gasteiger partial charge in [-0.25, -0.2) is 9.97 Å². The van der Waals surface area contributed by atoms with Gasteiger partial charge in [-0.1, -0.05) is 30.3 Å². The Kier molecular flexibility index (Phi) is 5.20. The van der Waals surface area contributed by atoms with Crippen LogP contribution >= 0.6 is 0 Å². The quantitative estimate of drug-likeness (QED) is 0.863. The van der Waals surface area contributed by atoms with E-state index in [0.717, 1.165) is 11.1 Å². The van der Waals surface area contributed by atoms with E-state index in [0.29, 0.717) is 18.8 Å². The number of carbonyl (C=O) groups excluding carboxylic acids is 1. The highest BCUT2D eigenvalue weighted by Gasteiger charge is 2.02. The van der Waals surface area contributed by atoms with E-state index in [1.807, 2.05) is 30.3 Å². The molecule has 1 amide bonds. The summed E-state index contributed by atoms with van der Waals surface area (Å²) in [6.45, 7) is 0.639. The monoisotopic (exact) mass is 271 g/mol. The summed E-state index contributed by atoms with van der Waals surface area (Å²) in [6.07, 6.45) is 4.28. The third-order valence-corrected chi connectivity index (χ3v) is 2.75. The normalized spacial score (nSPS) is 10.2. The van der Waals surface area contributed by atoms with Crippen molar-refractivity contribution in [3.63, 3.8) is 0 Å². The predicted molar refractivity (Wildman–Crippen MR) is 76.1 cm³/mol. The fourth-order valence-electron chi connectivity index (χ4n) is 1.75. The highest BCUT2D eigenvalue weighted by molar-refractivity contribution is 5.77. The van der Waals surface area contributed by atoms with E-state index in [9.17, 15) is 4.79 Å². The van der Waals surface area contributed by atoms with Crippen molar-refractivity contribution >= 4 is 5.91 Å². The maximum absolute atomic E-state index is 11.2. The molecule has 0 radical (unpaired) electrons. The van der Waals surface area contributed by atoms with Crippen LogP contribution in [0.4, 0.5) is 0 Å². The minimum Gasteiger partial charge on any atom is -0.375 e. The zero-order chi connectivity index (χ0) is 14.2. The Balaban J connectivity index is 1.88. The van der Waals surface area contributed by atoms with Crippen LogP contribution < -0.4 is 5.32 Å². The average molecular weight is 271 g/mol. The van der Waals surface area contributed by atoms with Crippen LogP contribution in [0.15, 0.2) is 42.7 Å². The van der Waals surface area contributed by atoms with E-state index < -0.39 is 0 Å². The molecule has 0 aliphatic rings. The molecule has 104 valence electrons. The van der Waals surface area contributed by atoms with E-state index in [4.69, 9.17) is 4.74 Å². The fourth-order valence-corrected chi connectivity index (χ4v) is 1.75. The van der Waals surface area contributed by atoms with Crippen molar-refractivity contribution in [3.05, 3.63) is 48.3 Å². The van der Waals surface area contributed by atoms with E-state index in [1.165, 1.54) is 7.11 Å². The molecule has 0 aliphatic heterocycles. The summed E-state index contributed by atoms with van der Waals surface area (Å²) >= 11 is 0. The number of benzene rings is 1. The second kappa shape index (κ2) is 7.35. The van der Waals surface area contributed by atoms with Gasteiger partial charge in [0, 0.05) is 31.6 Å². The van der Waals surface area contributed by atoms with Gasteiger partial charge in [-0.3, -0.25) is 4.79 Å². The second-order valence-corrected chi connectivity index (χ2v) is 4.31. The van der Waals surface area contributed by atoms with Gasteiger partial charge in [0.1, 0.15) is 6.61 Å². The molecule has 0 spiro atoms. The third-order valence-electron chi connectivity index (χ3n) is 2.75. The number of nitrogens with zero attached hydrogens (tertiary/aromatic N) is 2. The largest absolute Gasteiger partial charge is 0.375 e. The Bertz CT molecular complexity index is 541. The molecule has 1 heterocycles. The first-order valence-electron chi connectivity index (χ1n) is 6.41. The molecule has 0 unspecified atom stereocenters. The Labute approximate surface area is 118 Å². The Morgan fingerprint density at radius 3 is 2.55 bits per heavy atom. The molecule has 0 bridgehead atoms. The minimum atomic E-state index is -0.116. The first-order valence-corrected chi connectivity index (χ1v) is 6.41. The minimum absolute atomic E-state index is 0.0868. The van der Waals surface area contributed by atoms with Gasteiger partial charge in [-0.15, -0.1) is 0 Å². The summed E-state index contributed by atoms with van der Waals surface area (Å²) in [4.78, 5) is 19.9. The lowest BCUT2D eigenvalue weighted by Gasteiger charge is -2.05. The first kappa shape index (κ1) is 14.1. The van der Waals surface area contributed by atoms with Crippen LogP contribution in [-0.2, 0) is 16.0 Å². The molecule has 2 aromatic rings. The summed E-state index contributed by atoms with van der Waals surface area (Å²) in [5.41, 5.74) is 1.98. The molecule has 0 fully saturated rings. The van der Waals surface area contributed by atoms with Crippen LogP contribution in [0.25, 0.3) is 11.4 Å². The van der Waals surface area contributed by atoms with Gasteiger partial charge in [0.2, 0.25) is 5.91 Å². The summed E-state index contributed by atoms with van der Waals surface area (Å²) < 4.78 is 4.73. The van der Waals surface area contributed by atoms with Crippen LogP contribution in [0.1, 0.15) is 5.56 Å². The lowest BCUT2D eigenvalue weighted by atomic mass is 10.2. The van der Waals surface area contributed by atoms with Gasteiger partial charge in [-0.2, -0.15) is 0 Å². The average Bonchev–Trinajstić information content (AvgIpc) is 2.49. The number of aromatic nitrogens is 2. The van der Waals surface area contributed by atoms with E-state index >= 15 is 0 Å². The molecule has 5 heteroatoms. The van der Waals surface area contributed by atoms with Crippen molar-refractivity contribution in [2.45, 2.75) is 6.42 Å². The number of amides is 1. The van der Waals surface area contributed by atoms with E-state index in [1.54, 1.807) is 12.4 Å². The molecule has 0 atom stereocenters. The Hall–Kier alpha value is -2.27. The third kappa shape index (κ3) is 4.13. The number of methoxy groups -OCH3 is 1. The van der Waals surface area contributed by atoms with Crippen molar-refractivity contribution in [2.24, 2.45) is 0 Å². The zero-order valence-electron chi connectivity index (χ0n) is 11.4. The van der Waals surface area contributed by atoms with Crippen molar-refractivity contribution in [2.75, 3.05) is 20.3 Å². The fraction of sp³-hybridized carbons (Fsp3) is 0.267. The number of hydrogen-bond donors (Lipinski definition) is 1. The highest BCUT2D eigenvalue weighted by Crippen LogP contribution is 2.13. The SMILES string of the molecule is COCC(=O)NCCc1cnc(-c2ccccc2)nc1. The number of carbonyl (C=O) groups is 1. The number of hydrogen-bond acceptors (Lipinski definition) is 4. The second-order valence-electron chi connectivity index (χ2n) is 4.31. The molecular weight excluding hydrogens is 254 g/mol. The van der Waals surface area contributed by atoms with Crippen LogP contribution in [0.2, 0.25) is 0 Å². The topological polar surface area (TPSA) is 64.1 Å².